The Labute approximate surface area is 255 Å². The predicted octanol–water partition coefficient (Wildman–Crippen LogP) is 9.78. The molecule has 5 heteroatoms. The molecule has 0 aliphatic rings. The molecule has 0 aliphatic heterocycles. The molecule has 0 bridgehead atoms. The highest BCUT2D eigenvalue weighted by Crippen LogP contribution is 2.38. The van der Waals surface area contributed by atoms with Gasteiger partial charge in [-0.1, -0.05) is 121 Å². The molecule has 0 N–H and O–H groups in total. The molecule has 1 heterocycles. The third kappa shape index (κ3) is 5.07. The largest absolute Gasteiger partial charge is 0.238 e. The molecule has 0 amide bonds. The van der Waals surface area contributed by atoms with Gasteiger partial charge < -0.3 is 0 Å². The molecular formula is C39H23N5. The van der Waals surface area contributed by atoms with Crippen molar-refractivity contribution in [3.05, 3.63) is 157 Å². The molecule has 1 aromatic heterocycles. The molecule has 0 saturated carbocycles. The van der Waals surface area contributed by atoms with Crippen molar-refractivity contribution in [2.45, 2.75) is 0 Å². The van der Waals surface area contributed by atoms with E-state index in [1.54, 1.807) is 6.07 Å². The van der Waals surface area contributed by atoms with Crippen molar-refractivity contribution in [2.24, 2.45) is 0 Å². The van der Waals surface area contributed by atoms with Crippen LogP contribution in [0.4, 0.5) is 5.69 Å². The molecule has 44 heavy (non-hydrogen) atoms. The lowest BCUT2D eigenvalue weighted by atomic mass is 9.90. The quantitative estimate of drug-likeness (QED) is 0.196. The molecule has 0 radical (unpaired) electrons. The summed E-state index contributed by atoms with van der Waals surface area (Å²) >= 11 is 0. The van der Waals surface area contributed by atoms with E-state index in [4.69, 9.17) is 21.5 Å². The normalized spacial score (nSPS) is 10.7. The zero-order valence-electron chi connectivity index (χ0n) is 23.5. The van der Waals surface area contributed by atoms with Crippen molar-refractivity contribution in [3.8, 4) is 62.5 Å². The molecule has 204 valence electrons. The minimum absolute atomic E-state index is 0.444. The summed E-state index contributed by atoms with van der Waals surface area (Å²) in [6.45, 7) is 7.53. The van der Waals surface area contributed by atoms with Gasteiger partial charge in [-0.05, 0) is 51.2 Å². The summed E-state index contributed by atoms with van der Waals surface area (Å²) in [6, 6.07) is 48.0. The van der Waals surface area contributed by atoms with Gasteiger partial charge >= 0.3 is 0 Å². The highest BCUT2D eigenvalue weighted by molar-refractivity contribution is 6.06. The first-order valence-electron chi connectivity index (χ1n) is 14.1. The van der Waals surface area contributed by atoms with E-state index in [9.17, 15) is 5.26 Å². The van der Waals surface area contributed by atoms with Crippen molar-refractivity contribution in [2.75, 3.05) is 0 Å². The molecule has 0 atom stereocenters. The van der Waals surface area contributed by atoms with Gasteiger partial charge in [0.15, 0.2) is 23.2 Å². The van der Waals surface area contributed by atoms with Gasteiger partial charge in [-0.2, -0.15) is 5.26 Å². The summed E-state index contributed by atoms with van der Waals surface area (Å²) < 4.78 is 0. The predicted molar refractivity (Wildman–Crippen MR) is 175 cm³/mol. The van der Waals surface area contributed by atoms with Gasteiger partial charge in [0, 0.05) is 22.3 Å². The van der Waals surface area contributed by atoms with Crippen LogP contribution in [0.2, 0.25) is 0 Å². The van der Waals surface area contributed by atoms with Crippen molar-refractivity contribution < 1.29 is 0 Å². The van der Waals surface area contributed by atoms with Gasteiger partial charge in [-0.15, -0.1) is 0 Å². The summed E-state index contributed by atoms with van der Waals surface area (Å²) in [7, 11) is 0. The third-order valence-electron chi connectivity index (χ3n) is 7.55. The molecule has 6 aromatic carbocycles. The maximum atomic E-state index is 9.59. The van der Waals surface area contributed by atoms with Crippen LogP contribution in [-0.2, 0) is 0 Å². The highest BCUT2D eigenvalue weighted by atomic mass is 15.0. The summed E-state index contributed by atoms with van der Waals surface area (Å²) in [6.07, 6.45) is 0. The van der Waals surface area contributed by atoms with Crippen molar-refractivity contribution >= 4 is 16.5 Å². The van der Waals surface area contributed by atoms with Crippen LogP contribution in [-0.4, -0.2) is 15.0 Å². The molecular weight excluding hydrogens is 538 g/mol. The third-order valence-corrected chi connectivity index (χ3v) is 7.55. The van der Waals surface area contributed by atoms with Gasteiger partial charge in [0.25, 0.3) is 0 Å². The first-order valence-corrected chi connectivity index (χ1v) is 14.1. The Morgan fingerprint density at radius 2 is 1.00 bits per heavy atom. The Hall–Kier alpha value is -6.43. The highest BCUT2D eigenvalue weighted by Gasteiger charge is 2.14. The van der Waals surface area contributed by atoms with Gasteiger partial charge in [0.1, 0.15) is 0 Å². The topological polar surface area (TPSA) is 66.8 Å². The van der Waals surface area contributed by atoms with Gasteiger partial charge in [0.2, 0.25) is 0 Å². The van der Waals surface area contributed by atoms with E-state index in [0.717, 1.165) is 49.7 Å². The smallest absolute Gasteiger partial charge is 0.189 e. The second-order valence-corrected chi connectivity index (χ2v) is 10.3. The molecule has 0 aliphatic carbocycles. The molecule has 7 rings (SSSR count). The van der Waals surface area contributed by atoms with Gasteiger partial charge in [-0.3, -0.25) is 0 Å². The number of nitriles is 1. The van der Waals surface area contributed by atoms with Crippen LogP contribution >= 0.6 is 0 Å². The summed E-state index contributed by atoms with van der Waals surface area (Å²) in [4.78, 5) is 18.1. The molecule has 0 spiro atoms. The maximum Gasteiger partial charge on any atom is 0.189 e. The Morgan fingerprint density at radius 3 is 1.52 bits per heavy atom. The standard InChI is InChI=1S/C39H23N5/c1-41-33-23-26(25-40)22-32(24-33)35-17-9-15-28-14-8-16-34(36(28)35)27-18-20-31(21-19-27)39-43-37(29-10-4-2-5-11-29)42-38(44-39)30-12-6-3-7-13-30/h2-24H. The fraction of sp³-hybridized carbons (Fsp3) is 0. The van der Waals surface area contributed by atoms with Gasteiger partial charge in [0.05, 0.1) is 12.6 Å². The Morgan fingerprint density at radius 1 is 0.500 bits per heavy atom. The Balaban J connectivity index is 1.34. The van der Waals surface area contributed by atoms with Crippen molar-refractivity contribution in [3.63, 3.8) is 0 Å². The zero-order valence-corrected chi connectivity index (χ0v) is 23.5. The monoisotopic (exact) mass is 561 g/mol. The Bertz CT molecular complexity index is 2130. The van der Waals surface area contributed by atoms with Crippen LogP contribution in [0.25, 0.3) is 72.0 Å². The van der Waals surface area contributed by atoms with E-state index in [-0.39, 0.29) is 0 Å². The first-order chi connectivity index (χ1) is 21.7. The van der Waals surface area contributed by atoms with E-state index < -0.39 is 0 Å². The van der Waals surface area contributed by atoms with E-state index in [1.807, 2.05) is 97.1 Å². The van der Waals surface area contributed by atoms with Crippen LogP contribution in [0.3, 0.4) is 0 Å². The van der Waals surface area contributed by atoms with Crippen LogP contribution in [0.15, 0.2) is 140 Å². The average Bonchev–Trinajstić information content (AvgIpc) is 3.11. The minimum Gasteiger partial charge on any atom is -0.238 e. The van der Waals surface area contributed by atoms with Gasteiger partial charge in [-0.25, -0.2) is 19.8 Å². The number of hydrogen-bond donors (Lipinski definition) is 0. The van der Waals surface area contributed by atoms with E-state index in [0.29, 0.717) is 28.7 Å². The number of benzene rings is 6. The molecule has 5 nitrogen and oxygen atoms in total. The van der Waals surface area contributed by atoms with E-state index in [1.165, 1.54) is 0 Å². The summed E-state index contributed by atoms with van der Waals surface area (Å²) in [5, 5.41) is 11.7. The second kappa shape index (κ2) is 11.4. The number of fused-ring (bicyclic) bond motifs is 1. The second-order valence-electron chi connectivity index (χ2n) is 10.3. The minimum atomic E-state index is 0.444. The number of aromatic nitrogens is 3. The zero-order chi connectivity index (χ0) is 29.9. The lowest BCUT2D eigenvalue weighted by Gasteiger charge is -2.14. The van der Waals surface area contributed by atoms with E-state index in [2.05, 4.69) is 47.3 Å². The summed E-state index contributed by atoms with van der Waals surface area (Å²) in [5.41, 5.74) is 7.56. The Kier molecular flexibility index (Phi) is 6.89. The molecule has 0 fully saturated rings. The van der Waals surface area contributed by atoms with Crippen LogP contribution in [0.1, 0.15) is 5.56 Å². The number of hydrogen-bond acceptors (Lipinski definition) is 4. The molecule has 0 unspecified atom stereocenters. The first kappa shape index (κ1) is 26.5. The number of nitrogens with zero attached hydrogens (tertiary/aromatic N) is 5. The van der Waals surface area contributed by atoms with E-state index >= 15 is 0 Å². The maximum absolute atomic E-state index is 9.59. The van der Waals surface area contributed by atoms with Crippen LogP contribution < -0.4 is 0 Å². The lowest BCUT2D eigenvalue weighted by molar-refractivity contribution is 1.07. The summed E-state index contributed by atoms with van der Waals surface area (Å²) in [5.74, 6) is 1.84. The van der Waals surface area contributed by atoms with Crippen LogP contribution in [0.5, 0.6) is 0 Å². The van der Waals surface area contributed by atoms with Crippen molar-refractivity contribution in [1.82, 2.24) is 15.0 Å². The van der Waals surface area contributed by atoms with Crippen molar-refractivity contribution in [1.29, 1.82) is 5.26 Å². The molecule has 0 saturated heterocycles. The SMILES string of the molecule is [C-]#[N+]c1cc(C#N)cc(-c2cccc3cccc(-c4ccc(-c5nc(-c6ccccc6)nc(-c6ccccc6)n5)cc4)c23)c1. The fourth-order valence-electron chi connectivity index (χ4n) is 5.45. The van der Waals surface area contributed by atoms with Crippen LogP contribution in [0, 0.1) is 17.9 Å². The number of rotatable bonds is 5. The molecule has 7 aromatic rings. The lowest BCUT2D eigenvalue weighted by Crippen LogP contribution is -2.00. The fourth-order valence-corrected chi connectivity index (χ4v) is 5.45. The average molecular weight is 562 g/mol.